The molecule has 0 saturated carbocycles. The average Bonchev–Trinajstić information content (AvgIpc) is 2.61. The molecule has 1 N–H and O–H groups in total. The number of hydrogen-bond donors (Lipinski definition) is 1. The Morgan fingerprint density at radius 2 is 1.85 bits per heavy atom. The van der Waals surface area contributed by atoms with Crippen LogP contribution in [0.2, 0.25) is 0 Å². The van der Waals surface area contributed by atoms with Crippen molar-refractivity contribution in [3.63, 3.8) is 0 Å². The second-order valence-corrected chi connectivity index (χ2v) is 9.00. The standard InChI is InChI=1S/C20H24N2O4S/c1-15-5-4-6-18(13-15)27(24,25)21-17-9-7-16(8-10-17)19(23)22-11-12-26-14-20(22,2)3/h4-10,13,21H,11-12,14H2,1-3H3. The fourth-order valence-electron chi connectivity index (χ4n) is 3.07. The lowest BCUT2D eigenvalue weighted by molar-refractivity contribution is -0.0370. The number of ether oxygens (including phenoxy) is 1. The van der Waals surface area contributed by atoms with Crippen molar-refractivity contribution in [2.75, 3.05) is 24.5 Å². The normalized spacial score (nSPS) is 16.8. The van der Waals surface area contributed by atoms with E-state index in [4.69, 9.17) is 4.74 Å². The number of morpholine rings is 1. The molecule has 2 aromatic rings. The van der Waals surface area contributed by atoms with E-state index in [-0.39, 0.29) is 16.3 Å². The lowest BCUT2D eigenvalue weighted by atomic mass is 10.0. The summed E-state index contributed by atoms with van der Waals surface area (Å²) in [5, 5.41) is 0. The lowest BCUT2D eigenvalue weighted by Gasteiger charge is -2.42. The number of carbonyl (C=O) groups excluding carboxylic acids is 1. The van der Waals surface area contributed by atoms with Crippen molar-refractivity contribution in [1.82, 2.24) is 4.90 Å². The second-order valence-electron chi connectivity index (χ2n) is 7.32. The summed E-state index contributed by atoms with van der Waals surface area (Å²) < 4.78 is 33.0. The molecular formula is C20H24N2O4S. The third-order valence-corrected chi connectivity index (χ3v) is 5.95. The maximum absolute atomic E-state index is 12.8. The Labute approximate surface area is 160 Å². The number of aryl methyl sites for hydroxylation is 1. The Morgan fingerprint density at radius 3 is 2.48 bits per heavy atom. The van der Waals surface area contributed by atoms with Crippen molar-refractivity contribution in [3.05, 3.63) is 59.7 Å². The van der Waals surface area contributed by atoms with Crippen molar-refractivity contribution in [1.29, 1.82) is 0 Å². The number of rotatable bonds is 4. The van der Waals surface area contributed by atoms with Gasteiger partial charge in [-0.3, -0.25) is 9.52 Å². The number of nitrogens with zero attached hydrogens (tertiary/aromatic N) is 1. The molecule has 0 aliphatic carbocycles. The van der Waals surface area contributed by atoms with Crippen LogP contribution in [0.25, 0.3) is 0 Å². The molecule has 0 bridgehead atoms. The highest BCUT2D eigenvalue weighted by Gasteiger charge is 2.34. The molecule has 0 aromatic heterocycles. The van der Waals surface area contributed by atoms with Crippen LogP contribution in [0.3, 0.4) is 0 Å². The minimum Gasteiger partial charge on any atom is -0.377 e. The zero-order valence-corrected chi connectivity index (χ0v) is 16.5. The van der Waals surface area contributed by atoms with E-state index in [1.54, 1.807) is 47.4 Å². The van der Waals surface area contributed by atoms with Crippen molar-refractivity contribution in [3.8, 4) is 0 Å². The summed E-state index contributed by atoms with van der Waals surface area (Å²) in [6.45, 7) is 7.32. The minimum absolute atomic E-state index is 0.0867. The van der Waals surface area contributed by atoms with Crippen LogP contribution in [0.1, 0.15) is 29.8 Å². The van der Waals surface area contributed by atoms with Crippen LogP contribution in [0.5, 0.6) is 0 Å². The number of nitrogens with one attached hydrogen (secondary N) is 1. The SMILES string of the molecule is Cc1cccc(S(=O)(=O)Nc2ccc(C(=O)N3CCOCC3(C)C)cc2)c1. The Balaban J connectivity index is 1.76. The highest BCUT2D eigenvalue weighted by atomic mass is 32.2. The summed E-state index contributed by atoms with van der Waals surface area (Å²) in [6, 6.07) is 13.2. The van der Waals surface area contributed by atoms with Gasteiger partial charge in [-0.2, -0.15) is 0 Å². The van der Waals surface area contributed by atoms with Crippen molar-refractivity contribution >= 4 is 21.6 Å². The van der Waals surface area contributed by atoms with Crippen LogP contribution in [0.4, 0.5) is 5.69 Å². The van der Waals surface area contributed by atoms with Crippen molar-refractivity contribution in [2.45, 2.75) is 31.2 Å². The Kier molecular flexibility index (Phi) is 5.26. The topological polar surface area (TPSA) is 75.7 Å². The highest BCUT2D eigenvalue weighted by Crippen LogP contribution is 2.23. The lowest BCUT2D eigenvalue weighted by Crippen LogP contribution is -2.55. The smallest absolute Gasteiger partial charge is 0.261 e. The predicted octanol–water partition coefficient (Wildman–Crippen LogP) is 3.05. The third-order valence-electron chi connectivity index (χ3n) is 4.57. The van der Waals surface area contributed by atoms with Crippen LogP contribution in [-0.2, 0) is 14.8 Å². The van der Waals surface area contributed by atoms with Gasteiger partial charge in [0.15, 0.2) is 0 Å². The Morgan fingerprint density at radius 1 is 1.15 bits per heavy atom. The zero-order valence-electron chi connectivity index (χ0n) is 15.7. The molecule has 1 fully saturated rings. The fraction of sp³-hybridized carbons (Fsp3) is 0.350. The van der Waals surface area contributed by atoms with Crippen LogP contribution in [0.15, 0.2) is 53.4 Å². The quantitative estimate of drug-likeness (QED) is 0.873. The summed E-state index contributed by atoms with van der Waals surface area (Å²) in [6.07, 6.45) is 0. The molecular weight excluding hydrogens is 364 g/mol. The molecule has 1 amide bonds. The van der Waals surface area contributed by atoms with Gasteiger partial charge in [0.25, 0.3) is 15.9 Å². The van der Waals surface area contributed by atoms with E-state index in [1.807, 2.05) is 26.8 Å². The molecule has 1 aliphatic rings. The first-order chi connectivity index (χ1) is 12.7. The van der Waals surface area contributed by atoms with E-state index in [2.05, 4.69) is 4.72 Å². The molecule has 1 saturated heterocycles. The maximum Gasteiger partial charge on any atom is 0.261 e. The van der Waals surface area contributed by atoms with Gasteiger partial charge in [-0.15, -0.1) is 0 Å². The molecule has 6 nitrogen and oxygen atoms in total. The van der Waals surface area contributed by atoms with E-state index in [1.165, 1.54) is 0 Å². The van der Waals surface area contributed by atoms with Gasteiger partial charge < -0.3 is 9.64 Å². The molecule has 0 atom stereocenters. The summed E-state index contributed by atoms with van der Waals surface area (Å²) in [7, 11) is -3.67. The van der Waals surface area contributed by atoms with Gasteiger partial charge in [0.05, 0.1) is 23.6 Å². The predicted molar refractivity (Wildman–Crippen MR) is 104 cm³/mol. The van der Waals surface area contributed by atoms with Crippen LogP contribution < -0.4 is 4.72 Å². The first kappa shape index (κ1) is 19.4. The summed E-state index contributed by atoms with van der Waals surface area (Å²) in [5.74, 6) is -0.0867. The summed E-state index contributed by atoms with van der Waals surface area (Å²) >= 11 is 0. The molecule has 27 heavy (non-hydrogen) atoms. The number of anilines is 1. The molecule has 0 radical (unpaired) electrons. The van der Waals surface area contributed by atoms with Crippen molar-refractivity contribution in [2.24, 2.45) is 0 Å². The number of carbonyl (C=O) groups is 1. The van der Waals surface area contributed by atoms with Crippen LogP contribution >= 0.6 is 0 Å². The van der Waals surface area contributed by atoms with E-state index < -0.39 is 10.0 Å². The summed E-state index contributed by atoms with van der Waals surface area (Å²) in [4.78, 5) is 14.8. The van der Waals surface area contributed by atoms with Crippen LogP contribution in [0, 0.1) is 6.92 Å². The molecule has 3 rings (SSSR count). The van der Waals surface area contributed by atoms with Crippen LogP contribution in [-0.4, -0.2) is 44.5 Å². The zero-order chi connectivity index (χ0) is 19.7. The van der Waals surface area contributed by atoms with E-state index in [0.717, 1.165) is 5.56 Å². The number of hydrogen-bond acceptors (Lipinski definition) is 4. The molecule has 1 heterocycles. The van der Waals surface area contributed by atoms with Crippen molar-refractivity contribution < 1.29 is 17.9 Å². The number of sulfonamides is 1. The average molecular weight is 388 g/mol. The first-order valence-electron chi connectivity index (χ1n) is 8.78. The maximum atomic E-state index is 12.8. The van der Waals surface area contributed by atoms with Gasteiger partial charge in [-0.1, -0.05) is 12.1 Å². The molecule has 2 aromatic carbocycles. The first-order valence-corrected chi connectivity index (χ1v) is 10.3. The fourth-order valence-corrected chi connectivity index (χ4v) is 4.23. The Hall–Kier alpha value is -2.38. The second kappa shape index (κ2) is 7.32. The van der Waals surface area contributed by atoms with Gasteiger partial charge in [0.1, 0.15) is 0 Å². The molecule has 144 valence electrons. The van der Waals surface area contributed by atoms with Gasteiger partial charge in [-0.25, -0.2) is 8.42 Å². The third kappa shape index (κ3) is 4.31. The van der Waals surface area contributed by atoms with E-state index in [0.29, 0.717) is 31.0 Å². The molecule has 0 unspecified atom stereocenters. The largest absolute Gasteiger partial charge is 0.377 e. The van der Waals surface area contributed by atoms with Gasteiger partial charge in [0, 0.05) is 17.8 Å². The highest BCUT2D eigenvalue weighted by molar-refractivity contribution is 7.92. The molecule has 0 spiro atoms. The number of amides is 1. The van der Waals surface area contributed by atoms with E-state index >= 15 is 0 Å². The van der Waals surface area contributed by atoms with Gasteiger partial charge in [-0.05, 0) is 62.7 Å². The summed E-state index contributed by atoms with van der Waals surface area (Å²) in [5.41, 5.74) is 1.42. The number of benzene rings is 2. The Bertz CT molecular complexity index is 937. The van der Waals surface area contributed by atoms with Gasteiger partial charge in [0.2, 0.25) is 0 Å². The van der Waals surface area contributed by atoms with Gasteiger partial charge >= 0.3 is 0 Å². The monoisotopic (exact) mass is 388 g/mol. The molecule has 1 aliphatic heterocycles. The molecule has 7 heteroatoms. The minimum atomic E-state index is -3.67. The van der Waals surface area contributed by atoms with E-state index in [9.17, 15) is 13.2 Å².